The van der Waals surface area contributed by atoms with Gasteiger partial charge in [-0.1, -0.05) is 23.7 Å². The van der Waals surface area contributed by atoms with Crippen LogP contribution in [0.1, 0.15) is 18.9 Å². The minimum absolute atomic E-state index is 0.117. The second kappa shape index (κ2) is 6.99. The van der Waals surface area contributed by atoms with Gasteiger partial charge in [0.25, 0.3) is 0 Å². The van der Waals surface area contributed by atoms with E-state index >= 15 is 0 Å². The van der Waals surface area contributed by atoms with Crippen molar-refractivity contribution in [3.63, 3.8) is 0 Å². The van der Waals surface area contributed by atoms with Crippen molar-refractivity contribution in [1.82, 2.24) is 5.32 Å². The first-order valence-corrected chi connectivity index (χ1v) is 6.21. The van der Waals surface area contributed by atoms with Gasteiger partial charge in [0.05, 0.1) is 24.2 Å². The summed E-state index contributed by atoms with van der Waals surface area (Å²) in [6.45, 7) is 3.57. The van der Waals surface area contributed by atoms with Gasteiger partial charge in [-0.3, -0.25) is 4.79 Å². The minimum Gasteiger partial charge on any atom is -0.469 e. The lowest BCUT2D eigenvalue weighted by molar-refractivity contribution is -0.141. The van der Waals surface area contributed by atoms with Gasteiger partial charge in [-0.2, -0.15) is 0 Å². The number of hydrogen-bond acceptors (Lipinski definition) is 3. The van der Waals surface area contributed by atoms with Crippen molar-refractivity contribution in [2.75, 3.05) is 12.4 Å². The number of esters is 1. The zero-order valence-electron chi connectivity index (χ0n) is 11.1. The Labute approximate surface area is 117 Å². The molecule has 0 unspecified atom stereocenters. The van der Waals surface area contributed by atoms with E-state index in [9.17, 15) is 9.59 Å². The lowest BCUT2D eigenvalue weighted by Gasteiger charge is -2.14. The number of amides is 2. The zero-order chi connectivity index (χ0) is 14.4. The highest BCUT2D eigenvalue weighted by Crippen LogP contribution is 2.24. The van der Waals surface area contributed by atoms with E-state index in [0.29, 0.717) is 10.7 Å². The fraction of sp³-hybridized carbons (Fsp3) is 0.385. The van der Waals surface area contributed by atoms with Crippen molar-refractivity contribution in [2.24, 2.45) is 0 Å². The highest BCUT2D eigenvalue weighted by atomic mass is 35.5. The number of urea groups is 1. The summed E-state index contributed by atoms with van der Waals surface area (Å²) in [7, 11) is 1.31. The maximum Gasteiger partial charge on any atom is 0.319 e. The molecule has 0 aromatic heterocycles. The third-order valence-electron chi connectivity index (χ3n) is 2.52. The number of ether oxygens (including phenoxy) is 1. The standard InChI is InChI=1S/C13H17ClN2O3/c1-8-5-4-6-10(12(8)14)16-13(18)15-9(2)7-11(17)19-3/h4-6,9H,7H2,1-3H3,(H2,15,16,18)/t9-/m1/s1. The predicted octanol–water partition coefficient (Wildman–Crippen LogP) is 2.72. The van der Waals surface area contributed by atoms with E-state index in [-0.39, 0.29) is 18.4 Å². The number of nitrogens with one attached hydrogen (secondary N) is 2. The maximum atomic E-state index is 11.7. The van der Waals surface area contributed by atoms with Crippen LogP contribution in [0.5, 0.6) is 0 Å². The summed E-state index contributed by atoms with van der Waals surface area (Å²) in [6.07, 6.45) is 0.117. The van der Waals surface area contributed by atoms with Crippen molar-refractivity contribution >= 4 is 29.3 Å². The molecule has 1 aromatic rings. The molecule has 0 bridgehead atoms. The average molecular weight is 285 g/mol. The molecule has 1 rings (SSSR count). The number of benzene rings is 1. The molecule has 2 amide bonds. The van der Waals surface area contributed by atoms with Crippen molar-refractivity contribution in [3.8, 4) is 0 Å². The van der Waals surface area contributed by atoms with Gasteiger partial charge >= 0.3 is 12.0 Å². The molecule has 0 heterocycles. The topological polar surface area (TPSA) is 67.4 Å². The Kier molecular flexibility index (Phi) is 5.63. The van der Waals surface area contributed by atoms with Crippen LogP contribution in [0.25, 0.3) is 0 Å². The SMILES string of the molecule is COC(=O)C[C@@H](C)NC(=O)Nc1cccc(C)c1Cl. The number of rotatable bonds is 4. The van der Waals surface area contributed by atoms with Gasteiger partial charge in [0.2, 0.25) is 0 Å². The normalized spacial score (nSPS) is 11.6. The average Bonchev–Trinajstić information content (AvgIpc) is 2.34. The van der Waals surface area contributed by atoms with Crippen molar-refractivity contribution in [1.29, 1.82) is 0 Å². The summed E-state index contributed by atoms with van der Waals surface area (Å²) in [5, 5.41) is 5.77. The lowest BCUT2D eigenvalue weighted by atomic mass is 10.2. The summed E-state index contributed by atoms with van der Waals surface area (Å²) in [4.78, 5) is 22.8. The van der Waals surface area contributed by atoms with Crippen LogP contribution in [0.15, 0.2) is 18.2 Å². The Bertz CT molecular complexity index is 477. The van der Waals surface area contributed by atoms with Crippen LogP contribution in [0, 0.1) is 6.92 Å². The maximum absolute atomic E-state index is 11.7. The van der Waals surface area contributed by atoms with Crippen LogP contribution in [-0.2, 0) is 9.53 Å². The Hall–Kier alpha value is -1.75. The molecule has 6 heteroatoms. The molecular weight excluding hydrogens is 268 g/mol. The number of aryl methyl sites for hydroxylation is 1. The summed E-state index contributed by atoms with van der Waals surface area (Å²) in [6, 6.07) is 4.62. The number of carbonyl (C=O) groups excluding carboxylic acids is 2. The van der Waals surface area contributed by atoms with Gasteiger partial charge in [0, 0.05) is 6.04 Å². The Balaban J connectivity index is 2.56. The summed E-state index contributed by atoms with van der Waals surface area (Å²) < 4.78 is 4.52. The van der Waals surface area contributed by atoms with Gasteiger partial charge in [0.1, 0.15) is 0 Å². The second-order valence-electron chi connectivity index (χ2n) is 4.22. The van der Waals surface area contributed by atoms with Crippen LogP contribution in [0.4, 0.5) is 10.5 Å². The number of halogens is 1. The Morgan fingerprint density at radius 2 is 2.11 bits per heavy atom. The van der Waals surface area contributed by atoms with E-state index in [2.05, 4.69) is 15.4 Å². The molecule has 0 aliphatic carbocycles. The van der Waals surface area contributed by atoms with E-state index < -0.39 is 6.03 Å². The largest absolute Gasteiger partial charge is 0.469 e. The number of anilines is 1. The Morgan fingerprint density at radius 1 is 1.42 bits per heavy atom. The van der Waals surface area contributed by atoms with Crippen molar-refractivity contribution in [2.45, 2.75) is 26.3 Å². The van der Waals surface area contributed by atoms with Crippen LogP contribution in [0.3, 0.4) is 0 Å². The number of methoxy groups -OCH3 is 1. The highest BCUT2D eigenvalue weighted by molar-refractivity contribution is 6.34. The monoisotopic (exact) mass is 284 g/mol. The summed E-state index contributed by atoms with van der Waals surface area (Å²) in [5.41, 5.74) is 1.41. The molecule has 2 N–H and O–H groups in total. The fourth-order valence-corrected chi connectivity index (χ4v) is 1.68. The van der Waals surface area contributed by atoms with Crippen LogP contribution >= 0.6 is 11.6 Å². The van der Waals surface area contributed by atoms with E-state index in [0.717, 1.165) is 5.56 Å². The minimum atomic E-state index is -0.413. The predicted molar refractivity (Wildman–Crippen MR) is 74.4 cm³/mol. The molecule has 0 radical (unpaired) electrons. The summed E-state index contributed by atoms with van der Waals surface area (Å²) in [5.74, 6) is -0.374. The molecule has 19 heavy (non-hydrogen) atoms. The first kappa shape index (κ1) is 15.3. The zero-order valence-corrected chi connectivity index (χ0v) is 11.9. The highest BCUT2D eigenvalue weighted by Gasteiger charge is 2.13. The van der Waals surface area contributed by atoms with Crippen LogP contribution < -0.4 is 10.6 Å². The van der Waals surface area contributed by atoms with Gasteiger partial charge in [0.15, 0.2) is 0 Å². The van der Waals surface area contributed by atoms with Gasteiger partial charge < -0.3 is 15.4 Å². The number of carbonyl (C=O) groups is 2. The van der Waals surface area contributed by atoms with Crippen molar-refractivity contribution in [3.05, 3.63) is 28.8 Å². The first-order chi connectivity index (χ1) is 8.93. The second-order valence-corrected chi connectivity index (χ2v) is 4.59. The van der Waals surface area contributed by atoms with Gasteiger partial charge in [-0.15, -0.1) is 0 Å². The van der Waals surface area contributed by atoms with Gasteiger partial charge in [-0.05, 0) is 25.5 Å². The third kappa shape index (κ3) is 4.79. The molecule has 0 saturated heterocycles. The quantitative estimate of drug-likeness (QED) is 0.836. The third-order valence-corrected chi connectivity index (χ3v) is 3.02. The molecule has 1 atom stereocenters. The smallest absolute Gasteiger partial charge is 0.319 e. The van der Waals surface area contributed by atoms with E-state index in [1.54, 1.807) is 19.1 Å². The summed E-state index contributed by atoms with van der Waals surface area (Å²) >= 11 is 6.06. The first-order valence-electron chi connectivity index (χ1n) is 5.83. The molecular formula is C13H17ClN2O3. The Morgan fingerprint density at radius 3 is 2.74 bits per heavy atom. The molecule has 0 aliphatic rings. The molecule has 0 fully saturated rings. The van der Waals surface area contributed by atoms with Crippen LogP contribution in [-0.4, -0.2) is 25.2 Å². The molecule has 104 valence electrons. The molecule has 5 nitrogen and oxygen atoms in total. The lowest BCUT2D eigenvalue weighted by Crippen LogP contribution is -2.37. The molecule has 0 spiro atoms. The molecule has 1 aromatic carbocycles. The van der Waals surface area contributed by atoms with E-state index in [4.69, 9.17) is 11.6 Å². The van der Waals surface area contributed by atoms with Gasteiger partial charge in [-0.25, -0.2) is 4.79 Å². The molecule has 0 saturated carbocycles. The van der Waals surface area contributed by atoms with Crippen LogP contribution in [0.2, 0.25) is 5.02 Å². The van der Waals surface area contributed by atoms with E-state index in [1.807, 2.05) is 13.0 Å². The molecule has 0 aliphatic heterocycles. The van der Waals surface area contributed by atoms with E-state index in [1.165, 1.54) is 7.11 Å². The fourth-order valence-electron chi connectivity index (χ4n) is 1.51. The number of hydrogen-bond donors (Lipinski definition) is 2. The van der Waals surface area contributed by atoms with Crippen molar-refractivity contribution < 1.29 is 14.3 Å².